The van der Waals surface area contributed by atoms with Crippen LogP contribution in [0.4, 0.5) is 20.6 Å². The van der Waals surface area contributed by atoms with Gasteiger partial charge in [0.15, 0.2) is 5.75 Å². The number of imidazole rings is 1. The van der Waals surface area contributed by atoms with Crippen LogP contribution in [0.15, 0.2) is 71.5 Å². The number of hydrogen-bond donors (Lipinski definition) is 4. The summed E-state index contributed by atoms with van der Waals surface area (Å²) in [7, 11) is 0. The lowest BCUT2D eigenvalue weighted by atomic mass is 10.2. The van der Waals surface area contributed by atoms with Crippen molar-refractivity contribution in [3.05, 3.63) is 83.0 Å². The molecule has 140 valence electrons. The molecule has 4 rings (SSSR count). The van der Waals surface area contributed by atoms with E-state index >= 15 is 0 Å². The predicted octanol–water partition coefficient (Wildman–Crippen LogP) is 4.43. The molecular weight excluding hydrogens is 363 g/mol. The molecule has 8 heteroatoms. The molecule has 0 spiro atoms. The Labute approximate surface area is 158 Å². The second-order valence-electron chi connectivity index (χ2n) is 5.98. The standard InChI is InChI=1S/C20H15FN4O3/c21-12-4-1-5-13(10-12)22-19(26)23-14-6-2-7-15(11-14)28-17-9-3-8-16-18(17)25-20(27)24-16/h1-11H,(H2,22,23,26)(H2,24,25,27). The fourth-order valence-corrected chi connectivity index (χ4v) is 2.74. The molecule has 0 aliphatic carbocycles. The first kappa shape index (κ1) is 17.3. The lowest BCUT2D eigenvalue weighted by molar-refractivity contribution is 0.262. The molecule has 3 aromatic carbocycles. The first-order valence-electron chi connectivity index (χ1n) is 8.39. The summed E-state index contributed by atoms with van der Waals surface area (Å²) < 4.78 is 19.1. The number of urea groups is 1. The van der Waals surface area contributed by atoms with E-state index in [1.54, 1.807) is 48.5 Å². The number of carbonyl (C=O) groups is 1. The normalized spacial score (nSPS) is 10.6. The molecule has 2 amide bonds. The number of nitrogens with one attached hydrogen (secondary N) is 4. The molecule has 7 nitrogen and oxygen atoms in total. The van der Waals surface area contributed by atoms with Crippen LogP contribution < -0.4 is 21.1 Å². The number of para-hydroxylation sites is 1. The highest BCUT2D eigenvalue weighted by Gasteiger charge is 2.08. The minimum absolute atomic E-state index is 0.324. The van der Waals surface area contributed by atoms with Crippen LogP contribution >= 0.6 is 0 Å². The van der Waals surface area contributed by atoms with Crippen molar-refractivity contribution in [2.75, 3.05) is 10.6 Å². The number of ether oxygens (including phenoxy) is 1. The highest BCUT2D eigenvalue weighted by atomic mass is 19.1. The molecule has 0 aliphatic rings. The van der Waals surface area contributed by atoms with Gasteiger partial charge in [-0.2, -0.15) is 0 Å². The lowest BCUT2D eigenvalue weighted by Crippen LogP contribution is -2.19. The number of fused-ring (bicyclic) bond motifs is 1. The molecule has 0 aliphatic heterocycles. The van der Waals surface area contributed by atoms with Crippen LogP contribution in [-0.2, 0) is 0 Å². The van der Waals surface area contributed by atoms with Gasteiger partial charge < -0.3 is 25.3 Å². The Morgan fingerprint density at radius 3 is 2.39 bits per heavy atom. The Balaban J connectivity index is 1.49. The van der Waals surface area contributed by atoms with Crippen LogP contribution in [0.1, 0.15) is 0 Å². The van der Waals surface area contributed by atoms with E-state index in [4.69, 9.17) is 4.74 Å². The van der Waals surface area contributed by atoms with Gasteiger partial charge in [-0.15, -0.1) is 0 Å². The predicted molar refractivity (Wildman–Crippen MR) is 104 cm³/mol. The van der Waals surface area contributed by atoms with Crippen molar-refractivity contribution in [1.29, 1.82) is 0 Å². The number of anilines is 2. The number of aromatic amines is 2. The molecule has 4 aromatic rings. The molecular formula is C20H15FN4O3. The zero-order valence-electron chi connectivity index (χ0n) is 14.5. The summed E-state index contributed by atoms with van der Waals surface area (Å²) in [6, 6.07) is 17.1. The monoisotopic (exact) mass is 378 g/mol. The maximum absolute atomic E-state index is 13.2. The third-order valence-electron chi connectivity index (χ3n) is 3.92. The first-order chi connectivity index (χ1) is 13.6. The molecule has 0 radical (unpaired) electrons. The SMILES string of the molecule is O=C(Nc1cccc(F)c1)Nc1cccc(Oc2cccc3[nH]c(=O)[nH]c23)c1. The maximum atomic E-state index is 13.2. The minimum Gasteiger partial charge on any atom is -0.455 e. The number of benzene rings is 3. The first-order valence-corrected chi connectivity index (χ1v) is 8.39. The van der Waals surface area contributed by atoms with Gasteiger partial charge in [0, 0.05) is 17.4 Å². The smallest absolute Gasteiger partial charge is 0.323 e. The second kappa shape index (κ2) is 7.28. The Kier molecular flexibility index (Phi) is 4.51. The van der Waals surface area contributed by atoms with Gasteiger partial charge in [0.2, 0.25) is 0 Å². The molecule has 0 bridgehead atoms. The fourth-order valence-electron chi connectivity index (χ4n) is 2.74. The maximum Gasteiger partial charge on any atom is 0.323 e. The van der Waals surface area contributed by atoms with E-state index in [0.29, 0.717) is 33.9 Å². The molecule has 4 N–H and O–H groups in total. The van der Waals surface area contributed by atoms with Crippen LogP contribution in [0.2, 0.25) is 0 Å². The Morgan fingerprint density at radius 1 is 0.893 bits per heavy atom. The molecule has 0 saturated carbocycles. The summed E-state index contributed by atoms with van der Waals surface area (Å²) >= 11 is 0. The van der Waals surface area contributed by atoms with Crippen molar-refractivity contribution in [2.24, 2.45) is 0 Å². The van der Waals surface area contributed by atoms with Gasteiger partial charge in [0.25, 0.3) is 0 Å². The molecule has 0 saturated heterocycles. The summed E-state index contributed by atoms with van der Waals surface area (Å²) in [4.78, 5) is 29.0. The summed E-state index contributed by atoms with van der Waals surface area (Å²) in [5.41, 5.74) is 1.69. The largest absolute Gasteiger partial charge is 0.455 e. The fraction of sp³-hybridized carbons (Fsp3) is 0. The quantitative estimate of drug-likeness (QED) is 0.423. The van der Waals surface area contributed by atoms with Gasteiger partial charge in [-0.3, -0.25) is 0 Å². The van der Waals surface area contributed by atoms with E-state index in [0.717, 1.165) is 0 Å². The molecule has 0 unspecified atom stereocenters. The summed E-state index contributed by atoms with van der Waals surface area (Å²) in [5, 5.41) is 5.21. The van der Waals surface area contributed by atoms with E-state index in [1.807, 2.05) is 0 Å². The zero-order valence-corrected chi connectivity index (χ0v) is 14.5. The third kappa shape index (κ3) is 3.85. The van der Waals surface area contributed by atoms with E-state index in [2.05, 4.69) is 20.6 Å². The summed E-state index contributed by atoms with van der Waals surface area (Å²) in [6.45, 7) is 0. The molecule has 1 heterocycles. The van der Waals surface area contributed by atoms with Crippen LogP contribution in [0.5, 0.6) is 11.5 Å². The third-order valence-corrected chi connectivity index (χ3v) is 3.92. The van der Waals surface area contributed by atoms with Crippen LogP contribution in [-0.4, -0.2) is 16.0 Å². The van der Waals surface area contributed by atoms with E-state index < -0.39 is 11.8 Å². The van der Waals surface area contributed by atoms with Crippen molar-refractivity contribution in [1.82, 2.24) is 9.97 Å². The Morgan fingerprint density at radius 2 is 1.61 bits per heavy atom. The summed E-state index contributed by atoms with van der Waals surface area (Å²) in [5.74, 6) is 0.500. The van der Waals surface area contributed by atoms with Gasteiger partial charge in [0.1, 0.15) is 17.1 Å². The van der Waals surface area contributed by atoms with E-state index in [1.165, 1.54) is 18.2 Å². The Bertz CT molecular complexity index is 1220. The molecule has 0 fully saturated rings. The number of carbonyl (C=O) groups excluding carboxylic acids is 1. The number of hydrogen-bond acceptors (Lipinski definition) is 3. The topological polar surface area (TPSA) is 99.0 Å². The van der Waals surface area contributed by atoms with Crippen molar-refractivity contribution >= 4 is 28.4 Å². The van der Waals surface area contributed by atoms with Gasteiger partial charge in [0.05, 0.1) is 5.52 Å². The van der Waals surface area contributed by atoms with Crippen molar-refractivity contribution in [3.8, 4) is 11.5 Å². The van der Waals surface area contributed by atoms with Gasteiger partial charge >= 0.3 is 11.7 Å². The highest BCUT2D eigenvalue weighted by Crippen LogP contribution is 2.28. The average Bonchev–Trinajstić information content (AvgIpc) is 3.03. The number of H-pyrrole nitrogens is 2. The van der Waals surface area contributed by atoms with Crippen LogP contribution in [0, 0.1) is 5.82 Å². The lowest BCUT2D eigenvalue weighted by Gasteiger charge is -2.10. The van der Waals surface area contributed by atoms with Gasteiger partial charge in [-0.1, -0.05) is 18.2 Å². The van der Waals surface area contributed by atoms with Gasteiger partial charge in [-0.05, 0) is 42.5 Å². The van der Waals surface area contributed by atoms with Crippen LogP contribution in [0.3, 0.4) is 0 Å². The number of amides is 2. The molecule has 0 atom stereocenters. The highest BCUT2D eigenvalue weighted by molar-refractivity contribution is 5.99. The minimum atomic E-state index is -0.514. The second-order valence-corrected chi connectivity index (χ2v) is 5.98. The number of rotatable bonds is 4. The van der Waals surface area contributed by atoms with Crippen molar-refractivity contribution in [2.45, 2.75) is 0 Å². The number of aromatic nitrogens is 2. The van der Waals surface area contributed by atoms with E-state index in [9.17, 15) is 14.0 Å². The Hall–Kier alpha value is -4.07. The molecule has 1 aromatic heterocycles. The molecule has 28 heavy (non-hydrogen) atoms. The van der Waals surface area contributed by atoms with Crippen molar-refractivity contribution < 1.29 is 13.9 Å². The van der Waals surface area contributed by atoms with Crippen molar-refractivity contribution in [3.63, 3.8) is 0 Å². The summed E-state index contributed by atoms with van der Waals surface area (Å²) in [6.07, 6.45) is 0. The van der Waals surface area contributed by atoms with E-state index in [-0.39, 0.29) is 5.69 Å². The van der Waals surface area contributed by atoms with Crippen LogP contribution in [0.25, 0.3) is 11.0 Å². The zero-order chi connectivity index (χ0) is 19.5. The number of halogens is 1. The average molecular weight is 378 g/mol. The van der Waals surface area contributed by atoms with Gasteiger partial charge in [-0.25, -0.2) is 14.0 Å².